The number of amides is 1. The van der Waals surface area contributed by atoms with Crippen LogP contribution in [0.5, 0.6) is 0 Å². The number of nitrogens with one attached hydrogen (secondary N) is 1. The van der Waals surface area contributed by atoms with Crippen molar-refractivity contribution in [3.8, 4) is 0 Å². The molecule has 0 unspecified atom stereocenters. The van der Waals surface area contributed by atoms with Gasteiger partial charge in [0.2, 0.25) is 15.9 Å². The molecule has 2 atom stereocenters. The van der Waals surface area contributed by atoms with Gasteiger partial charge >= 0.3 is 0 Å². The smallest absolute Gasteiger partial charge is 0.223 e. The Balaban J connectivity index is 1.44. The van der Waals surface area contributed by atoms with Crippen LogP contribution in [0.4, 0.5) is 0 Å². The summed E-state index contributed by atoms with van der Waals surface area (Å²) >= 11 is 0. The minimum absolute atomic E-state index is 0.0152. The molecule has 138 valence electrons. The lowest BCUT2D eigenvalue weighted by molar-refractivity contribution is -0.123. The normalized spacial score (nSPS) is 24.8. The van der Waals surface area contributed by atoms with Gasteiger partial charge in [-0.05, 0) is 30.7 Å². The van der Waals surface area contributed by atoms with Crippen molar-refractivity contribution < 1.29 is 17.9 Å². The van der Waals surface area contributed by atoms with Crippen molar-refractivity contribution >= 4 is 15.9 Å². The highest BCUT2D eigenvalue weighted by Gasteiger charge is 2.44. The molecule has 1 aliphatic carbocycles. The molecular weight excluding hydrogens is 340 g/mol. The van der Waals surface area contributed by atoms with Crippen molar-refractivity contribution in [3.05, 3.63) is 35.9 Å². The third kappa shape index (κ3) is 4.59. The van der Waals surface area contributed by atoms with Gasteiger partial charge in [0.15, 0.2) is 0 Å². The second-order valence-corrected chi connectivity index (χ2v) is 8.94. The van der Waals surface area contributed by atoms with Crippen molar-refractivity contribution in [1.29, 1.82) is 0 Å². The summed E-state index contributed by atoms with van der Waals surface area (Å²) in [6.07, 6.45) is 2.24. The molecular formula is C18H26N2O4S. The second-order valence-electron chi connectivity index (χ2n) is 6.85. The summed E-state index contributed by atoms with van der Waals surface area (Å²) < 4.78 is 30.7. The van der Waals surface area contributed by atoms with Gasteiger partial charge in [0.25, 0.3) is 0 Å². The fourth-order valence-electron chi connectivity index (χ4n) is 3.46. The van der Waals surface area contributed by atoms with Crippen molar-refractivity contribution in [2.75, 3.05) is 32.6 Å². The number of ether oxygens (including phenoxy) is 1. The van der Waals surface area contributed by atoms with Gasteiger partial charge in [0.05, 0.1) is 12.4 Å². The lowest BCUT2D eigenvalue weighted by atomic mass is 10.1. The average Bonchev–Trinajstić information content (AvgIpc) is 3.42. The van der Waals surface area contributed by atoms with Gasteiger partial charge in [0.1, 0.15) is 0 Å². The predicted octanol–water partition coefficient (Wildman–Crippen LogP) is 1.35. The van der Waals surface area contributed by atoms with Crippen molar-refractivity contribution in [3.63, 3.8) is 0 Å². The molecule has 3 rings (SSSR count). The number of nitrogens with zero attached hydrogens (tertiary/aromatic N) is 1. The molecule has 0 bridgehead atoms. The van der Waals surface area contributed by atoms with Crippen LogP contribution < -0.4 is 5.32 Å². The van der Waals surface area contributed by atoms with E-state index in [-0.39, 0.29) is 30.2 Å². The number of carbonyl (C=O) groups is 1. The standard InChI is InChI=1S/C18H26N2O4S/c1-24-11-12-25(22,23)20-9-7-15(8-10-20)19-18(21)17-13-16(17)14-5-3-2-4-6-14/h2-6,15-17H,7-13H2,1H3,(H,19,21)/t16-,17-/m0/s1. The minimum Gasteiger partial charge on any atom is -0.384 e. The molecule has 7 heteroatoms. The Hall–Kier alpha value is -1.44. The van der Waals surface area contributed by atoms with E-state index in [1.165, 1.54) is 17.0 Å². The first-order valence-corrected chi connectivity index (χ1v) is 10.4. The summed E-state index contributed by atoms with van der Waals surface area (Å²) in [7, 11) is -1.75. The van der Waals surface area contributed by atoms with Gasteiger partial charge in [-0.1, -0.05) is 30.3 Å². The molecule has 1 aliphatic heterocycles. The van der Waals surface area contributed by atoms with E-state index >= 15 is 0 Å². The third-order valence-corrected chi connectivity index (χ3v) is 6.93. The SMILES string of the molecule is COCCS(=O)(=O)N1CCC(NC(=O)[C@H]2C[C@H]2c2ccccc2)CC1. The zero-order chi connectivity index (χ0) is 17.9. The Morgan fingerprint density at radius 3 is 2.56 bits per heavy atom. The number of rotatable bonds is 7. The van der Waals surface area contributed by atoms with E-state index in [0.717, 1.165) is 6.42 Å². The Kier molecular flexibility index (Phi) is 5.76. The molecule has 1 aromatic rings. The Bertz CT molecular complexity index is 684. The zero-order valence-electron chi connectivity index (χ0n) is 14.6. The van der Waals surface area contributed by atoms with Crippen LogP contribution in [0.25, 0.3) is 0 Å². The maximum absolute atomic E-state index is 12.4. The number of methoxy groups -OCH3 is 1. The molecule has 1 N–H and O–H groups in total. The van der Waals surface area contributed by atoms with Crippen LogP contribution in [0.3, 0.4) is 0 Å². The largest absolute Gasteiger partial charge is 0.384 e. The molecule has 2 fully saturated rings. The number of benzene rings is 1. The van der Waals surface area contributed by atoms with E-state index < -0.39 is 10.0 Å². The topological polar surface area (TPSA) is 75.7 Å². The van der Waals surface area contributed by atoms with Crippen LogP contribution >= 0.6 is 0 Å². The Morgan fingerprint density at radius 1 is 1.24 bits per heavy atom. The van der Waals surface area contributed by atoms with Crippen LogP contribution in [0, 0.1) is 5.92 Å². The first-order chi connectivity index (χ1) is 12.0. The zero-order valence-corrected chi connectivity index (χ0v) is 15.4. The van der Waals surface area contributed by atoms with Gasteiger partial charge < -0.3 is 10.1 Å². The molecule has 25 heavy (non-hydrogen) atoms. The van der Waals surface area contributed by atoms with E-state index in [9.17, 15) is 13.2 Å². The highest BCUT2D eigenvalue weighted by atomic mass is 32.2. The summed E-state index contributed by atoms with van der Waals surface area (Å²) in [4.78, 5) is 12.4. The number of hydrogen-bond donors (Lipinski definition) is 1. The first kappa shape index (κ1) is 18.4. The van der Waals surface area contributed by atoms with Gasteiger partial charge in [-0.2, -0.15) is 0 Å². The molecule has 6 nitrogen and oxygen atoms in total. The molecule has 0 aromatic heterocycles. The quantitative estimate of drug-likeness (QED) is 0.790. The minimum atomic E-state index is -3.25. The molecule has 1 saturated carbocycles. The summed E-state index contributed by atoms with van der Waals surface area (Å²) in [6, 6.07) is 10.2. The Morgan fingerprint density at radius 2 is 1.92 bits per heavy atom. The van der Waals surface area contributed by atoms with Gasteiger partial charge in [0, 0.05) is 32.2 Å². The van der Waals surface area contributed by atoms with Gasteiger partial charge in [-0.3, -0.25) is 4.79 Å². The van der Waals surface area contributed by atoms with Crippen LogP contribution in [0.15, 0.2) is 30.3 Å². The molecule has 2 aliphatic rings. The fourth-order valence-corrected chi connectivity index (χ4v) is 4.86. The molecule has 0 radical (unpaired) electrons. The molecule has 1 amide bonds. The highest BCUT2D eigenvalue weighted by molar-refractivity contribution is 7.89. The van der Waals surface area contributed by atoms with E-state index in [0.29, 0.717) is 31.8 Å². The summed E-state index contributed by atoms with van der Waals surface area (Å²) in [5.74, 6) is 0.512. The summed E-state index contributed by atoms with van der Waals surface area (Å²) in [5.41, 5.74) is 1.22. The lowest BCUT2D eigenvalue weighted by Crippen LogP contribution is -2.47. The maximum Gasteiger partial charge on any atom is 0.223 e. The highest BCUT2D eigenvalue weighted by Crippen LogP contribution is 2.47. The number of carbonyl (C=O) groups excluding carboxylic acids is 1. The van der Waals surface area contributed by atoms with Gasteiger partial charge in [-0.15, -0.1) is 0 Å². The van der Waals surface area contributed by atoms with Crippen molar-refractivity contribution in [2.24, 2.45) is 5.92 Å². The molecule has 1 heterocycles. The predicted molar refractivity (Wildman–Crippen MR) is 95.7 cm³/mol. The van der Waals surface area contributed by atoms with Crippen LogP contribution in [-0.2, 0) is 19.6 Å². The first-order valence-electron chi connectivity index (χ1n) is 8.83. The maximum atomic E-state index is 12.4. The van der Waals surface area contributed by atoms with Crippen molar-refractivity contribution in [1.82, 2.24) is 9.62 Å². The van der Waals surface area contributed by atoms with E-state index in [2.05, 4.69) is 17.4 Å². The van der Waals surface area contributed by atoms with E-state index in [1.807, 2.05) is 18.2 Å². The number of sulfonamides is 1. The van der Waals surface area contributed by atoms with Crippen molar-refractivity contribution in [2.45, 2.75) is 31.2 Å². The number of hydrogen-bond acceptors (Lipinski definition) is 4. The molecule has 1 saturated heterocycles. The van der Waals surface area contributed by atoms with Crippen LogP contribution in [0.2, 0.25) is 0 Å². The van der Waals surface area contributed by atoms with Crippen LogP contribution in [0.1, 0.15) is 30.7 Å². The van der Waals surface area contributed by atoms with E-state index in [1.54, 1.807) is 0 Å². The van der Waals surface area contributed by atoms with Gasteiger partial charge in [-0.25, -0.2) is 12.7 Å². The van der Waals surface area contributed by atoms with E-state index in [4.69, 9.17) is 4.74 Å². The Labute approximate surface area is 149 Å². The second kappa shape index (κ2) is 7.85. The monoisotopic (exact) mass is 366 g/mol. The summed E-state index contributed by atoms with van der Waals surface area (Å²) in [5, 5.41) is 3.11. The number of piperidine rings is 1. The third-order valence-electron chi connectivity index (χ3n) is 5.09. The molecule has 1 aromatic carbocycles. The summed E-state index contributed by atoms with van der Waals surface area (Å²) in [6.45, 7) is 1.13. The fraction of sp³-hybridized carbons (Fsp3) is 0.611. The molecule has 0 spiro atoms. The van der Waals surface area contributed by atoms with Crippen LogP contribution in [-0.4, -0.2) is 57.2 Å². The lowest BCUT2D eigenvalue weighted by Gasteiger charge is -2.31. The average molecular weight is 366 g/mol.